The molecule has 0 radical (unpaired) electrons. The lowest BCUT2D eigenvalue weighted by atomic mass is 9.92. The summed E-state index contributed by atoms with van der Waals surface area (Å²) in [5, 5.41) is 6.80. The molecule has 130 valence electrons. The Labute approximate surface area is 140 Å². The van der Waals surface area contributed by atoms with E-state index in [9.17, 15) is 12.8 Å². The second-order valence-electron chi connectivity index (χ2n) is 5.90. The van der Waals surface area contributed by atoms with Crippen molar-refractivity contribution in [3.05, 3.63) is 53.6 Å². The summed E-state index contributed by atoms with van der Waals surface area (Å²) >= 11 is 0. The van der Waals surface area contributed by atoms with Crippen LogP contribution in [-0.4, -0.2) is 31.8 Å². The van der Waals surface area contributed by atoms with Crippen molar-refractivity contribution < 1.29 is 17.5 Å². The largest absolute Gasteiger partial charge is 0.372 e. The van der Waals surface area contributed by atoms with Crippen molar-refractivity contribution in [1.82, 2.24) is 14.9 Å². The first kappa shape index (κ1) is 17.1. The predicted octanol–water partition coefficient (Wildman–Crippen LogP) is 2.14. The Bertz CT molecular complexity index is 765. The van der Waals surface area contributed by atoms with Crippen LogP contribution in [0.5, 0.6) is 0 Å². The smallest absolute Gasteiger partial charge is 0.215 e. The van der Waals surface area contributed by atoms with Crippen molar-refractivity contribution in [3.63, 3.8) is 0 Å². The van der Waals surface area contributed by atoms with Gasteiger partial charge >= 0.3 is 0 Å². The van der Waals surface area contributed by atoms with Crippen LogP contribution in [0.4, 0.5) is 4.39 Å². The summed E-state index contributed by atoms with van der Waals surface area (Å²) < 4.78 is 46.5. The Hall–Kier alpha value is -1.77. The second-order valence-corrected chi connectivity index (χ2v) is 7.71. The van der Waals surface area contributed by atoms with E-state index in [0.29, 0.717) is 6.61 Å². The van der Waals surface area contributed by atoms with Crippen molar-refractivity contribution in [2.24, 2.45) is 5.92 Å². The SMILES string of the molecule is O=S(=O)(Cc1ccccc1F)NC[C@@H]1CCCO[C@H]1c1ccn[nH]1. The highest BCUT2D eigenvalue weighted by molar-refractivity contribution is 7.88. The van der Waals surface area contributed by atoms with Crippen LogP contribution in [0.3, 0.4) is 0 Å². The molecule has 0 aliphatic carbocycles. The van der Waals surface area contributed by atoms with Gasteiger partial charge in [-0.1, -0.05) is 18.2 Å². The van der Waals surface area contributed by atoms with Crippen LogP contribution in [0, 0.1) is 11.7 Å². The third-order valence-corrected chi connectivity index (χ3v) is 5.44. The van der Waals surface area contributed by atoms with E-state index < -0.39 is 15.8 Å². The van der Waals surface area contributed by atoms with Gasteiger partial charge in [0.15, 0.2) is 0 Å². The number of aromatic amines is 1. The molecule has 24 heavy (non-hydrogen) atoms. The predicted molar refractivity (Wildman–Crippen MR) is 87.0 cm³/mol. The monoisotopic (exact) mass is 353 g/mol. The van der Waals surface area contributed by atoms with Crippen LogP contribution >= 0.6 is 0 Å². The zero-order chi connectivity index (χ0) is 17.0. The second kappa shape index (κ2) is 7.42. The van der Waals surface area contributed by atoms with Crippen LogP contribution in [-0.2, 0) is 20.5 Å². The van der Waals surface area contributed by atoms with E-state index >= 15 is 0 Å². The Kier molecular flexibility index (Phi) is 5.27. The Morgan fingerprint density at radius 1 is 1.33 bits per heavy atom. The fourth-order valence-corrected chi connectivity index (χ4v) is 4.14. The fourth-order valence-electron chi connectivity index (χ4n) is 2.93. The number of rotatable bonds is 6. The maximum absolute atomic E-state index is 13.6. The first-order valence-electron chi connectivity index (χ1n) is 7.87. The van der Waals surface area contributed by atoms with Gasteiger partial charge < -0.3 is 4.74 Å². The molecular weight excluding hydrogens is 333 g/mol. The molecular formula is C16H20FN3O3S. The van der Waals surface area contributed by atoms with Gasteiger partial charge in [0.05, 0.1) is 11.4 Å². The van der Waals surface area contributed by atoms with Gasteiger partial charge in [0.25, 0.3) is 0 Å². The highest BCUT2D eigenvalue weighted by Gasteiger charge is 2.29. The molecule has 1 fully saturated rings. The van der Waals surface area contributed by atoms with Gasteiger partial charge in [0, 0.05) is 30.8 Å². The van der Waals surface area contributed by atoms with Gasteiger partial charge in [-0.25, -0.2) is 17.5 Å². The average molecular weight is 353 g/mol. The van der Waals surface area contributed by atoms with Crippen LogP contribution in [0.1, 0.15) is 30.2 Å². The standard InChI is InChI=1S/C16H20FN3O3S/c17-14-6-2-1-4-13(14)11-24(21,22)19-10-12-5-3-9-23-16(12)15-7-8-18-20-15/h1-2,4,6-8,12,16,19H,3,5,9-11H2,(H,18,20)/t12-,16+/m0/s1. The third-order valence-electron chi connectivity index (χ3n) is 4.14. The topological polar surface area (TPSA) is 84.1 Å². The van der Waals surface area contributed by atoms with Crippen LogP contribution < -0.4 is 4.72 Å². The molecule has 0 unspecified atom stereocenters. The quantitative estimate of drug-likeness (QED) is 0.833. The van der Waals surface area contributed by atoms with Gasteiger partial charge in [-0.2, -0.15) is 5.10 Å². The van der Waals surface area contributed by atoms with E-state index in [0.717, 1.165) is 18.5 Å². The average Bonchev–Trinajstić information content (AvgIpc) is 3.10. The molecule has 0 bridgehead atoms. The summed E-state index contributed by atoms with van der Waals surface area (Å²) in [6.07, 6.45) is 3.17. The number of nitrogens with one attached hydrogen (secondary N) is 2. The first-order valence-corrected chi connectivity index (χ1v) is 9.52. The lowest BCUT2D eigenvalue weighted by Crippen LogP contribution is -2.35. The molecule has 2 heterocycles. The van der Waals surface area contributed by atoms with Gasteiger partial charge in [-0.05, 0) is 25.0 Å². The van der Waals surface area contributed by atoms with Crippen molar-refractivity contribution in [2.75, 3.05) is 13.2 Å². The zero-order valence-electron chi connectivity index (χ0n) is 13.1. The van der Waals surface area contributed by atoms with E-state index in [1.54, 1.807) is 12.3 Å². The molecule has 2 aromatic rings. The van der Waals surface area contributed by atoms with Gasteiger partial charge in [-0.15, -0.1) is 0 Å². The maximum atomic E-state index is 13.6. The molecule has 1 saturated heterocycles. The summed E-state index contributed by atoms with van der Waals surface area (Å²) in [6, 6.07) is 7.72. The number of aromatic nitrogens is 2. The third kappa shape index (κ3) is 4.19. The van der Waals surface area contributed by atoms with Crippen LogP contribution in [0.25, 0.3) is 0 Å². The number of hydrogen-bond acceptors (Lipinski definition) is 4. The number of benzene rings is 1. The summed E-state index contributed by atoms with van der Waals surface area (Å²) in [6.45, 7) is 0.892. The molecule has 2 N–H and O–H groups in total. The maximum Gasteiger partial charge on any atom is 0.215 e. The Morgan fingerprint density at radius 2 is 2.17 bits per heavy atom. The molecule has 0 spiro atoms. The molecule has 8 heteroatoms. The molecule has 1 aromatic carbocycles. The minimum absolute atomic E-state index is 0.00888. The minimum atomic E-state index is -3.62. The van der Waals surface area contributed by atoms with Gasteiger partial charge in [0.1, 0.15) is 11.9 Å². The van der Waals surface area contributed by atoms with E-state index in [4.69, 9.17) is 4.74 Å². The number of sulfonamides is 1. The van der Waals surface area contributed by atoms with Crippen LogP contribution in [0.15, 0.2) is 36.5 Å². The van der Waals surface area contributed by atoms with Crippen molar-refractivity contribution in [3.8, 4) is 0 Å². The van der Waals surface area contributed by atoms with Crippen molar-refractivity contribution in [1.29, 1.82) is 0 Å². The van der Waals surface area contributed by atoms with Crippen molar-refractivity contribution in [2.45, 2.75) is 24.7 Å². The lowest BCUT2D eigenvalue weighted by Gasteiger charge is -2.31. The zero-order valence-corrected chi connectivity index (χ0v) is 13.9. The fraction of sp³-hybridized carbons (Fsp3) is 0.438. The molecule has 0 saturated carbocycles. The summed E-state index contributed by atoms with van der Waals surface area (Å²) in [5.74, 6) is -0.879. The van der Waals surface area contributed by atoms with E-state index in [1.807, 2.05) is 6.07 Å². The molecule has 0 amide bonds. The number of hydrogen-bond donors (Lipinski definition) is 2. The first-order chi connectivity index (χ1) is 11.6. The molecule has 2 atom stereocenters. The van der Waals surface area contributed by atoms with E-state index in [1.165, 1.54) is 18.2 Å². The molecule has 1 aliphatic rings. The summed E-state index contributed by atoms with van der Waals surface area (Å²) in [7, 11) is -3.62. The number of nitrogens with zero attached hydrogens (tertiary/aromatic N) is 1. The molecule has 3 rings (SSSR count). The van der Waals surface area contributed by atoms with E-state index in [-0.39, 0.29) is 29.9 Å². The van der Waals surface area contributed by atoms with Gasteiger partial charge in [0.2, 0.25) is 10.0 Å². The molecule has 6 nitrogen and oxygen atoms in total. The number of halogens is 1. The highest BCUT2D eigenvalue weighted by Crippen LogP contribution is 2.32. The molecule has 1 aromatic heterocycles. The number of ether oxygens (including phenoxy) is 1. The number of H-pyrrole nitrogens is 1. The lowest BCUT2D eigenvalue weighted by molar-refractivity contribution is -0.0287. The Morgan fingerprint density at radius 3 is 2.92 bits per heavy atom. The Balaban J connectivity index is 1.64. The van der Waals surface area contributed by atoms with Crippen molar-refractivity contribution >= 4 is 10.0 Å². The molecule has 1 aliphatic heterocycles. The van der Waals surface area contributed by atoms with Gasteiger partial charge in [-0.3, -0.25) is 5.10 Å². The van der Waals surface area contributed by atoms with E-state index in [2.05, 4.69) is 14.9 Å². The highest BCUT2D eigenvalue weighted by atomic mass is 32.2. The normalized spacial score (nSPS) is 21.7. The van der Waals surface area contributed by atoms with Crippen LogP contribution in [0.2, 0.25) is 0 Å². The summed E-state index contributed by atoms with van der Waals surface area (Å²) in [5.41, 5.74) is 1.00. The minimum Gasteiger partial charge on any atom is -0.372 e. The summed E-state index contributed by atoms with van der Waals surface area (Å²) in [4.78, 5) is 0.